The Labute approximate surface area is 150 Å². The first-order valence-corrected chi connectivity index (χ1v) is 9.64. The van der Waals surface area contributed by atoms with E-state index in [1.54, 1.807) is 7.11 Å². The molecule has 0 rings (SSSR count). The average Bonchev–Trinajstić information content (AvgIpc) is 2.44. The monoisotopic (exact) mass is 342 g/mol. The SMILES string of the molecule is COC(CC(C)CCCC(C)(C)O)OCCC(C)CCC=C(C)C. The topological polar surface area (TPSA) is 38.7 Å². The molecule has 0 aliphatic rings. The first-order chi connectivity index (χ1) is 11.1. The van der Waals surface area contributed by atoms with Crippen LogP contribution in [0.3, 0.4) is 0 Å². The first kappa shape index (κ1) is 23.6. The third-order valence-corrected chi connectivity index (χ3v) is 4.47. The van der Waals surface area contributed by atoms with E-state index in [1.165, 1.54) is 12.0 Å². The molecule has 24 heavy (non-hydrogen) atoms. The molecule has 3 unspecified atom stereocenters. The number of ether oxygens (including phenoxy) is 2. The predicted octanol–water partition coefficient (Wildman–Crippen LogP) is 5.72. The highest BCUT2D eigenvalue weighted by atomic mass is 16.7. The van der Waals surface area contributed by atoms with E-state index < -0.39 is 5.60 Å². The molecule has 0 aromatic heterocycles. The van der Waals surface area contributed by atoms with Gasteiger partial charge < -0.3 is 14.6 Å². The van der Waals surface area contributed by atoms with Gasteiger partial charge in [0.05, 0.1) is 5.60 Å². The van der Waals surface area contributed by atoms with Gasteiger partial charge in [-0.3, -0.25) is 0 Å². The number of aliphatic hydroxyl groups is 1. The third kappa shape index (κ3) is 15.2. The van der Waals surface area contributed by atoms with Crippen molar-refractivity contribution >= 4 is 0 Å². The van der Waals surface area contributed by atoms with Gasteiger partial charge in [-0.1, -0.05) is 38.3 Å². The van der Waals surface area contributed by atoms with Crippen LogP contribution >= 0.6 is 0 Å². The summed E-state index contributed by atoms with van der Waals surface area (Å²) in [5.41, 5.74) is 0.842. The smallest absolute Gasteiger partial charge is 0.157 e. The van der Waals surface area contributed by atoms with Crippen LogP contribution in [-0.4, -0.2) is 30.7 Å². The second-order valence-electron chi connectivity index (χ2n) is 8.33. The van der Waals surface area contributed by atoms with Gasteiger partial charge in [-0.05, 0) is 65.2 Å². The Morgan fingerprint density at radius 1 is 1.08 bits per heavy atom. The van der Waals surface area contributed by atoms with Gasteiger partial charge in [0.1, 0.15) is 0 Å². The zero-order chi connectivity index (χ0) is 18.6. The highest BCUT2D eigenvalue weighted by Gasteiger charge is 2.16. The summed E-state index contributed by atoms with van der Waals surface area (Å²) < 4.78 is 11.4. The number of hydrogen-bond donors (Lipinski definition) is 1. The summed E-state index contributed by atoms with van der Waals surface area (Å²) in [7, 11) is 1.73. The maximum atomic E-state index is 9.77. The van der Waals surface area contributed by atoms with Crippen LogP contribution in [0.25, 0.3) is 0 Å². The summed E-state index contributed by atoms with van der Waals surface area (Å²) >= 11 is 0. The first-order valence-electron chi connectivity index (χ1n) is 9.64. The quantitative estimate of drug-likeness (QED) is 0.324. The Morgan fingerprint density at radius 3 is 2.29 bits per heavy atom. The van der Waals surface area contributed by atoms with Crippen molar-refractivity contribution in [2.75, 3.05) is 13.7 Å². The van der Waals surface area contributed by atoms with Crippen molar-refractivity contribution in [1.29, 1.82) is 0 Å². The Balaban J connectivity index is 3.87. The van der Waals surface area contributed by atoms with Crippen molar-refractivity contribution in [1.82, 2.24) is 0 Å². The summed E-state index contributed by atoms with van der Waals surface area (Å²) in [4.78, 5) is 0. The molecule has 0 spiro atoms. The van der Waals surface area contributed by atoms with Crippen molar-refractivity contribution < 1.29 is 14.6 Å². The molecule has 0 aromatic rings. The van der Waals surface area contributed by atoms with Gasteiger partial charge in [-0.2, -0.15) is 0 Å². The second-order valence-corrected chi connectivity index (χ2v) is 8.33. The molecule has 0 aromatic carbocycles. The molecule has 0 aliphatic carbocycles. The fourth-order valence-corrected chi connectivity index (χ4v) is 2.76. The van der Waals surface area contributed by atoms with Gasteiger partial charge in [0.15, 0.2) is 6.29 Å². The fourth-order valence-electron chi connectivity index (χ4n) is 2.76. The lowest BCUT2D eigenvalue weighted by atomic mass is 9.95. The Kier molecular flexibility index (Phi) is 12.7. The minimum atomic E-state index is -0.557. The van der Waals surface area contributed by atoms with Crippen LogP contribution in [-0.2, 0) is 9.47 Å². The molecule has 0 saturated heterocycles. The zero-order valence-corrected chi connectivity index (χ0v) is 17.2. The number of allylic oxidation sites excluding steroid dienone is 2. The summed E-state index contributed by atoms with van der Waals surface area (Å²) in [5.74, 6) is 1.23. The molecular formula is C21H42O3. The summed E-state index contributed by atoms with van der Waals surface area (Å²) in [6.07, 6.45) is 9.60. The number of hydrogen-bond acceptors (Lipinski definition) is 3. The average molecular weight is 343 g/mol. The Morgan fingerprint density at radius 2 is 1.75 bits per heavy atom. The van der Waals surface area contributed by atoms with Gasteiger partial charge in [0.2, 0.25) is 0 Å². The Bertz CT molecular complexity index is 326. The van der Waals surface area contributed by atoms with Crippen molar-refractivity contribution in [2.24, 2.45) is 11.8 Å². The summed E-state index contributed by atoms with van der Waals surface area (Å²) in [6.45, 7) is 13.4. The fraction of sp³-hybridized carbons (Fsp3) is 0.905. The van der Waals surface area contributed by atoms with Gasteiger partial charge in [0, 0.05) is 20.1 Å². The maximum Gasteiger partial charge on any atom is 0.157 e. The highest BCUT2D eigenvalue weighted by Crippen LogP contribution is 2.20. The molecule has 0 fully saturated rings. The molecular weight excluding hydrogens is 300 g/mol. The standard InChI is InChI=1S/C21H42O3/c1-17(2)10-8-11-18(3)13-15-24-20(23-7)16-19(4)12-9-14-21(5,6)22/h10,18-20,22H,8-9,11-16H2,1-7H3. The molecule has 1 N–H and O–H groups in total. The molecule has 144 valence electrons. The normalized spacial score (nSPS) is 15.8. The lowest BCUT2D eigenvalue weighted by molar-refractivity contribution is -0.136. The molecule has 3 atom stereocenters. The zero-order valence-electron chi connectivity index (χ0n) is 17.2. The van der Waals surface area contributed by atoms with Gasteiger partial charge >= 0.3 is 0 Å². The van der Waals surface area contributed by atoms with Crippen molar-refractivity contribution in [2.45, 2.75) is 98.4 Å². The van der Waals surface area contributed by atoms with Gasteiger partial charge in [0.25, 0.3) is 0 Å². The largest absolute Gasteiger partial charge is 0.390 e. The van der Waals surface area contributed by atoms with Crippen LogP contribution < -0.4 is 0 Å². The molecule has 0 aliphatic heterocycles. The van der Waals surface area contributed by atoms with E-state index in [1.807, 2.05) is 13.8 Å². The van der Waals surface area contributed by atoms with Crippen LogP contribution in [0.5, 0.6) is 0 Å². The van der Waals surface area contributed by atoms with Crippen LogP contribution in [0.1, 0.15) is 86.5 Å². The van der Waals surface area contributed by atoms with Crippen LogP contribution in [0.2, 0.25) is 0 Å². The van der Waals surface area contributed by atoms with E-state index in [4.69, 9.17) is 9.47 Å². The molecule has 3 heteroatoms. The van der Waals surface area contributed by atoms with Crippen LogP contribution in [0.4, 0.5) is 0 Å². The van der Waals surface area contributed by atoms with Gasteiger partial charge in [-0.25, -0.2) is 0 Å². The molecule has 0 amide bonds. The predicted molar refractivity (Wildman–Crippen MR) is 103 cm³/mol. The number of rotatable bonds is 14. The lowest BCUT2D eigenvalue weighted by Crippen LogP contribution is -2.21. The molecule has 0 heterocycles. The third-order valence-electron chi connectivity index (χ3n) is 4.47. The highest BCUT2D eigenvalue weighted by molar-refractivity contribution is 4.92. The van der Waals surface area contributed by atoms with Gasteiger partial charge in [-0.15, -0.1) is 0 Å². The minimum Gasteiger partial charge on any atom is -0.390 e. The van der Waals surface area contributed by atoms with E-state index in [9.17, 15) is 5.11 Å². The Hall–Kier alpha value is -0.380. The summed E-state index contributed by atoms with van der Waals surface area (Å²) in [5, 5.41) is 9.77. The molecule has 0 radical (unpaired) electrons. The van der Waals surface area contributed by atoms with Crippen LogP contribution in [0, 0.1) is 11.8 Å². The van der Waals surface area contributed by atoms with Crippen molar-refractivity contribution in [3.05, 3.63) is 11.6 Å². The second kappa shape index (κ2) is 12.9. The number of methoxy groups -OCH3 is 1. The summed E-state index contributed by atoms with van der Waals surface area (Å²) in [6, 6.07) is 0. The van der Waals surface area contributed by atoms with Crippen molar-refractivity contribution in [3.63, 3.8) is 0 Å². The molecule has 0 saturated carbocycles. The van der Waals surface area contributed by atoms with E-state index in [0.717, 1.165) is 45.1 Å². The molecule has 3 nitrogen and oxygen atoms in total. The minimum absolute atomic E-state index is 0.105. The molecule has 0 bridgehead atoms. The van der Waals surface area contributed by atoms with Crippen molar-refractivity contribution in [3.8, 4) is 0 Å². The maximum absolute atomic E-state index is 9.77. The van der Waals surface area contributed by atoms with Crippen LogP contribution in [0.15, 0.2) is 11.6 Å². The van der Waals surface area contributed by atoms with E-state index >= 15 is 0 Å². The van der Waals surface area contributed by atoms with E-state index in [0.29, 0.717) is 11.8 Å². The van der Waals surface area contributed by atoms with E-state index in [-0.39, 0.29) is 6.29 Å². The van der Waals surface area contributed by atoms with E-state index in [2.05, 4.69) is 33.8 Å². The lowest BCUT2D eigenvalue weighted by Gasteiger charge is -2.22.